The zero-order chi connectivity index (χ0) is 13.0. The summed E-state index contributed by atoms with van der Waals surface area (Å²) in [6, 6.07) is 8.70. The molecule has 2 aromatic rings. The lowest BCUT2D eigenvalue weighted by molar-refractivity contribution is 0.342. The van der Waals surface area contributed by atoms with Gasteiger partial charge in [-0.05, 0) is 18.2 Å². The Labute approximate surface area is 105 Å². The summed E-state index contributed by atoms with van der Waals surface area (Å²) < 4.78 is 16.1. The fraction of sp³-hybridized carbons (Fsp3) is 0.154. The molecule has 0 saturated carbocycles. The Kier molecular flexibility index (Phi) is 3.52. The average molecular weight is 246 g/mol. The summed E-state index contributed by atoms with van der Waals surface area (Å²) in [5.41, 5.74) is 6.25. The van der Waals surface area contributed by atoms with E-state index < -0.39 is 0 Å². The van der Waals surface area contributed by atoms with Gasteiger partial charge in [0.1, 0.15) is 0 Å². The number of anilines is 1. The molecule has 0 atom stereocenters. The highest BCUT2D eigenvalue weighted by Crippen LogP contribution is 2.39. The van der Waals surface area contributed by atoms with E-state index >= 15 is 0 Å². The molecule has 1 aromatic heterocycles. The van der Waals surface area contributed by atoms with Gasteiger partial charge in [0.05, 0.1) is 14.2 Å². The number of methoxy groups -OCH3 is 2. The van der Waals surface area contributed by atoms with Crippen LogP contribution in [0.1, 0.15) is 0 Å². The summed E-state index contributed by atoms with van der Waals surface area (Å²) in [5, 5.41) is 0. The Balaban J connectivity index is 2.38. The Bertz CT molecular complexity index is 521. The molecular weight excluding hydrogens is 232 g/mol. The topological polar surface area (TPSA) is 66.6 Å². The molecule has 2 N–H and O–H groups in total. The molecule has 18 heavy (non-hydrogen) atoms. The second kappa shape index (κ2) is 5.27. The van der Waals surface area contributed by atoms with Crippen molar-refractivity contribution in [2.45, 2.75) is 0 Å². The minimum absolute atomic E-state index is 0.387. The molecule has 94 valence electrons. The van der Waals surface area contributed by atoms with Gasteiger partial charge in [-0.1, -0.05) is 6.07 Å². The van der Waals surface area contributed by atoms with E-state index in [0.717, 1.165) is 0 Å². The van der Waals surface area contributed by atoms with Crippen molar-refractivity contribution in [1.29, 1.82) is 0 Å². The Morgan fingerprint density at radius 2 is 1.72 bits per heavy atom. The van der Waals surface area contributed by atoms with Gasteiger partial charge < -0.3 is 19.9 Å². The molecule has 0 aliphatic heterocycles. The molecule has 0 spiro atoms. The van der Waals surface area contributed by atoms with Crippen molar-refractivity contribution in [3.8, 4) is 23.1 Å². The van der Waals surface area contributed by atoms with Gasteiger partial charge in [0.2, 0.25) is 11.6 Å². The fourth-order valence-corrected chi connectivity index (χ4v) is 1.50. The van der Waals surface area contributed by atoms with E-state index in [-0.39, 0.29) is 0 Å². The number of ether oxygens (including phenoxy) is 3. The largest absolute Gasteiger partial charge is 0.493 e. The van der Waals surface area contributed by atoms with Gasteiger partial charge in [-0.2, -0.15) is 0 Å². The second-order valence-corrected chi connectivity index (χ2v) is 3.52. The molecule has 0 unspecified atom stereocenters. The number of rotatable bonds is 4. The van der Waals surface area contributed by atoms with Crippen LogP contribution in [0, 0.1) is 0 Å². The van der Waals surface area contributed by atoms with E-state index in [1.165, 1.54) is 0 Å². The van der Waals surface area contributed by atoms with E-state index in [1.54, 1.807) is 44.7 Å². The molecule has 2 rings (SSSR count). The molecule has 0 bridgehead atoms. The Morgan fingerprint density at radius 1 is 1.06 bits per heavy atom. The predicted octanol–water partition coefficient (Wildman–Crippen LogP) is 2.47. The lowest BCUT2D eigenvalue weighted by Crippen LogP contribution is -1.96. The van der Waals surface area contributed by atoms with Gasteiger partial charge in [0.15, 0.2) is 11.5 Å². The van der Waals surface area contributed by atoms with E-state index in [0.29, 0.717) is 28.8 Å². The average Bonchev–Trinajstić information content (AvgIpc) is 2.39. The van der Waals surface area contributed by atoms with Gasteiger partial charge in [0, 0.05) is 18.0 Å². The third-order valence-corrected chi connectivity index (χ3v) is 2.35. The van der Waals surface area contributed by atoms with Crippen molar-refractivity contribution in [3.63, 3.8) is 0 Å². The van der Waals surface area contributed by atoms with Crippen molar-refractivity contribution in [2.75, 3.05) is 20.0 Å². The molecule has 5 nitrogen and oxygen atoms in total. The molecule has 0 radical (unpaired) electrons. The SMILES string of the molecule is COc1cccc(OC)c1Oc1cc(N)ccn1. The fourth-order valence-electron chi connectivity index (χ4n) is 1.50. The highest BCUT2D eigenvalue weighted by Gasteiger charge is 2.12. The smallest absolute Gasteiger partial charge is 0.221 e. The number of hydrogen-bond acceptors (Lipinski definition) is 5. The highest BCUT2D eigenvalue weighted by atomic mass is 16.5. The minimum Gasteiger partial charge on any atom is -0.493 e. The van der Waals surface area contributed by atoms with Crippen LogP contribution in [-0.4, -0.2) is 19.2 Å². The number of nitrogen functional groups attached to an aromatic ring is 1. The quantitative estimate of drug-likeness (QED) is 0.897. The van der Waals surface area contributed by atoms with Crippen LogP contribution in [0.3, 0.4) is 0 Å². The molecule has 0 aliphatic rings. The van der Waals surface area contributed by atoms with Crippen LogP contribution in [0.4, 0.5) is 5.69 Å². The first-order valence-electron chi connectivity index (χ1n) is 5.35. The molecule has 0 aliphatic carbocycles. The number of aromatic nitrogens is 1. The van der Waals surface area contributed by atoms with E-state index in [1.807, 2.05) is 6.07 Å². The lowest BCUT2D eigenvalue weighted by Gasteiger charge is -2.13. The van der Waals surface area contributed by atoms with Crippen molar-refractivity contribution < 1.29 is 14.2 Å². The molecule has 0 fully saturated rings. The first-order valence-corrected chi connectivity index (χ1v) is 5.35. The van der Waals surface area contributed by atoms with Crippen LogP contribution in [-0.2, 0) is 0 Å². The standard InChI is InChI=1S/C13H14N2O3/c1-16-10-4-3-5-11(17-2)13(10)18-12-8-9(14)6-7-15-12/h3-8H,1-2H3,(H2,14,15). The van der Waals surface area contributed by atoms with E-state index in [9.17, 15) is 0 Å². The zero-order valence-corrected chi connectivity index (χ0v) is 10.2. The number of nitrogens with two attached hydrogens (primary N) is 1. The minimum atomic E-state index is 0.387. The Morgan fingerprint density at radius 3 is 2.28 bits per heavy atom. The van der Waals surface area contributed by atoms with Crippen molar-refractivity contribution in [1.82, 2.24) is 4.98 Å². The third kappa shape index (κ3) is 2.45. The van der Waals surface area contributed by atoms with Crippen molar-refractivity contribution >= 4 is 5.69 Å². The zero-order valence-electron chi connectivity index (χ0n) is 10.2. The van der Waals surface area contributed by atoms with Gasteiger partial charge in [-0.3, -0.25) is 0 Å². The van der Waals surface area contributed by atoms with Gasteiger partial charge in [0.25, 0.3) is 0 Å². The molecule has 1 heterocycles. The number of nitrogens with zero attached hydrogens (tertiary/aromatic N) is 1. The molecule has 1 aromatic carbocycles. The monoisotopic (exact) mass is 246 g/mol. The maximum absolute atomic E-state index is 5.67. The van der Waals surface area contributed by atoms with Crippen LogP contribution < -0.4 is 19.9 Å². The maximum Gasteiger partial charge on any atom is 0.221 e. The van der Waals surface area contributed by atoms with Gasteiger partial charge in [-0.25, -0.2) is 4.98 Å². The second-order valence-electron chi connectivity index (χ2n) is 3.52. The van der Waals surface area contributed by atoms with Gasteiger partial charge in [-0.15, -0.1) is 0 Å². The predicted molar refractivity (Wildman–Crippen MR) is 68.3 cm³/mol. The van der Waals surface area contributed by atoms with Crippen LogP contribution >= 0.6 is 0 Å². The summed E-state index contributed by atoms with van der Waals surface area (Å²) in [6.07, 6.45) is 1.58. The van der Waals surface area contributed by atoms with Crippen LogP contribution in [0.5, 0.6) is 23.1 Å². The molecular formula is C13H14N2O3. The van der Waals surface area contributed by atoms with Crippen molar-refractivity contribution in [2.24, 2.45) is 0 Å². The molecule has 0 saturated heterocycles. The van der Waals surface area contributed by atoms with E-state index in [2.05, 4.69) is 4.98 Å². The van der Waals surface area contributed by atoms with Crippen LogP contribution in [0.2, 0.25) is 0 Å². The summed E-state index contributed by atoms with van der Waals surface area (Å²) in [7, 11) is 3.13. The maximum atomic E-state index is 5.67. The summed E-state index contributed by atoms with van der Waals surface area (Å²) in [5.74, 6) is 2.00. The molecule has 5 heteroatoms. The summed E-state index contributed by atoms with van der Waals surface area (Å²) in [6.45, 7) is 0. The number of hydrogen-bond donors (Lipinski definition) is 1. The Hall–Kier alpha value is -2.43. The van der Waals surface area contributed by atoms with Crippen LogP contribution in [0.25, 0.3) is 0 Å². The highest BCUT2D eigenvalue weighted by molar-refractivity contribution is 5.53. The van der Waals surface area contributed by atoms with Crippen LogP contribution in [0.15, 0.2) is 36.5 Å². The number of para-hydroxylation sites is 1. The number of pyridine rings is 1. The van der Waals surface area contributed by atoms with Crippen molar-refractivity contribution in [3.05, 3.63) is 36.5 Å². The summed E-state index contributed by atoms with van der Waals surface area (Å²) in [4.78, 5) is 4.07. The lowest BCUT2D eigenvalue weighted by atomic mass is 10.3. The van der Waals surface area contributed by atoms with E-state index in [4.69, 9.17) is 19.9 Å². The first-order chi connectivity index (χ1) is 8.74. The summed E-state index contributed by atoms with van der Waals surface area (Å²) >= 11 is 0. The normalized spacial score (nSPS) is 9.89. The number of benzene rings is 1. The third-order valence-electron chi connectivity index (χ3n) is 2.35. The molecule has 0 amide bonds. The van der Waals surface area contributed by atoms with Gasteiger partial charge >= 0.3 is 0 Å². The first kappa shape index (κ1) is 12.0.